The summed E-state index contributed by atoms with van der Waals surface area (Å²) in [5.74, 6) is 3.38. The highest BCUT2D eigenvalue weighted by molar-refractivity contribution is 5.80. The first-order valence-electron chi connectivity index (χ1n) is 11.8. The van der Waals surface area contributed by atoms with Crippen molar-refractivity contribution in [3.63, 3.8) is 0 Å². The molecule has 1 aromatic heterocycles. The average Bonchev–Trinajstić information content (AvgIpc) is 3.55. The van der Waals surface area contributed by atoms with Crippen LogP contribution < -0.4 is 4.90 Å². The number of likely N-dealkylation sites (tertiary alicyclic amines) is 1. The normalized spacial score (nSPS) is 25.7. The molecule has 2 aromatic rings. The van der Waals surface area contributed by atoms with Crippen molar-refractivity contribution < 1.29 is 4.79 Å². The molecule has 3 heterocycles. The van der Waals surface area contributed by atoms with Gasteiger partial charge < -0.3 is 9.80 Å². The van der Waals surface area contributed by atoms with Crippen LogP contribution in [0.3, 0.4) is 0 Å². The first-order valence-corrected chi connectivity index (χ1v) is 11.8. The summed E-state index contributed by atoms with van der Waals surface area (Å²) in [6.07, 6.45) is 9.01. The summed E-state index contributed by atoms with van der Waals surface area (Å²) in [6.45, 7) is 2.87. The second-order valence-corrected chi connectivity index (χ2v) is 9.60. The monoisotopic (exact) mass is 402 g/mol. The molecule has 1 amide bonds. The number of fused-ring (bicyclic) bond motifs is 3. The van der Waals surface area contributed by atoms with E-state index in [0.717, 1.165) is 68.4 Å². The molecule has 2 bridgehead atoms. The van der Waals surface area contributed by atoms with Crippen LogP contribution in [0.1, 0.15) is 49.8 Å². The first-order chi connectivity index (χ1) is 14.8. The van der Waals surface area contributed by atoms with Crippen LogP contribution in [0, 0.1) is 11.8 Å². The molecule has 5 nitrogen and oxygen atoms in total. The summed E-state index contributed by atoms with van der Waals surface area (Å²) in [5.41, 5.74) is 3.66. The van der Waals surface area contributed by atoms with Gasteiger partial charge in [0.05, 0.1) is 0 Å². The maximum absolute atomic E-state index is 13.1. The lowest BCUT2D eigenvalue weighted by Crippen LogP contribution is -2.45. The van der Waals surface area contributed by atoms with Gasteiger partial charge in [-0.2, -0.15) is 0 Å². The van der Waals surface area contributed by atoms with Gasteiger partial charge in [-0.25, -0.2) is 9.97 Å². The Hall–Kier alpha value is -2.43. The Labute approximate surface area is 178 Å². The van der Waals surface area contributed by atoms with Gasteiger partial charge in [-0.15, -0.1) is 0 Å². The van der Waals surface area contributed by atoms with Gasteiger partial charge in [0.2, 0.25) is 5.91 Å². The molecule has 2 aliphatic heterocycles. The lowest BCUT2D eigenvalue weighted by atomic mass is 9.94. The van der Waals surface area contributed by atoms with E-state index in [4.69, 9.17) is 9.97 Å². The number of aromatic nitrogens is 2. The third-order valence-electron chi connectivity index (χ3n) is 7.78. The molecule has 1 saturated carbocycles. The number of hydrogen-bond acceptors (Lipinski definition) is 4. The molecule has 4 aliphatic rings. The molecule has 30 heavy (non-hydrogen) atoms. The van der Waals surface area contributed by atoms with E-state index >= 15 is 0 Å². The molecule has 156 valence electrons. The molecular formula is C25H30N4O. The molecule has 0 radical (unpaired) electrons. The van der Waals surface area contributed by atoms with Crippen molar-refractivity contribution >= 4 is 11.7 Å². The zero-order valence-corrected chi connectivity index (χ0v) is 17.6. The smallest absolute Gasteiger partial charge is 0.226 e. The number of benzene rings is 1. The summed E-state index contributed by atoms with van der Waals surface area (Å²) >= 11 is 0. The fourth-order valence-electron chi connectivity index (χ4n) is 6.16. The van der Waals surface area contributed by atoms with Crippen molar-refractivity contribution in [2.24, 2.45) is 11.8 Å². The van der Waals surface area contributed by atoms with Crippen LogP contribution in [0.5, 0.6) is 0 Å². The van der Waals surface area contributed by atoms with Crippen molar-refractivity contribution in [1.82, 2.24) is 14.9 Å². The SMILES string of the molecule is O=C(C1CCN(c2nc(-c3ccccc3)nc3c2CCC3)CC1)N1C[C@H]2CC[C@H]1C2. The van der Waals surface area contributed by atoms with E-state index in [1.165, 1.54) is 36.9 Å². The third-order valence-corrected chi connectivity index (χ3v) is 7.78. The van der Waals surface area contributed by atoms with Gasteiger partial charge >= 0.3 is 0 Å². The Morgan fingerprint density at radius 2 is 1.80 bits per heavy atom. The minimum absolute atomic E-state index is 0.198. The fraction of sp³-hybridized carbons (Fsp3) is 0.560. The minimum Gasteiger partial charge on any atom is -0.356 e. The van der Waals surface area contributed by atoms with Crippen LogP contribution in [0.15, 0.2) is 30.3 Å². The maximum Gasteiger partial charge on any atom is 0.226 e. The van der Waals surface area contributed by atoms with Crippen LogP contribution in [0.4, 0.5) is 5.82 Å². The summed E-state index contributed by atoms with van der Waals surface area (Å²) in [4.78, 5) is 27.7. The van der Waals surface area contributed by atoms with Crippen molar-refractivity contribution in [2.75, 3.05) is 24.5 Å². The quantitative estimate of drug-likeness (QED) is 0.782. The number of rotatable bonds is 3. The Bertz CT molecular complexity index is 951. The van der Waals surface area contributed by atoms with Crippen molar-refractivity contribution in [3.8, 4) is 11.4 Å². The summed E-state index contributed by atoms with van der Waals surface area (Å²) < 4.78 is 0. The molecule has 2 atom stereocenters. The lowest BCUT2D eigenvalue weighted by Gasteiger charge is -2.37. The number of aryl methyl sites for hydroxylation is 1. The standard InChI is InChI=1S/C25H30N4O/c30-25(29-16-17-9-10-20(29)15-17)19-11-13-28(14-12-19)24-21-7-4-8-22(21)26-23(27-24)18-5-2-1-3-6-18/h1-3,5-6,17,19-20H,4,7-16H2/t17-,20-/m0/s1. The van der Waals surface area contributed by atoms with Gasteiger partial charge in [-0.3, -0.25) is 4.79 Å². The average molecular weight is 403 g/mol. The number of anilines is 1. The summed E-state index contributed by atoms with van der Waals surface area (Å²) in [5, 5.41) is 0. The van der Waals surface area contributed by atoms with E-state index in [-0.39, 0.29) is 5.92 Å². The predicted molar refractivity (Wildman–Crippen MR) is 117 cm³/mol. The number of piperidine rings is 2. The van der Waals surface area contributed by atoms with E-state index < -0.39 is 0 Å². The first kappa shape index (κ1) is 18.3. The Kier molecular flexibility index (Phi) is 4.50. The minimum atomic E-state index is 0.198. The molecule has 3 fully saturated rings. The summed E-state index contributed by atoms with van der Waals surface area (Å²) in [7, 11) is 0. The molecular weight excluding hydrogens is 372 g/mol. The van der Waals surface area contributed by atoms with Gasteiger partial charge in [-0.05, 0) is 57.3 Å². The third kappa shape index (κ3) is 3.10. The molecule has 5 heteroatoms. The Morgan fingerprint density at radius 3 is 2.53 bits per heavy atom. The number of nitrogens with zero attached hydrogens (tertiary/aromatic N) is 4. The van der Waals surface area contributed by atoms with Crippen molar-refractivity contribution in [3.05, 3.63) is 41.6 Å². The summed E-state index contributed by atoms with van der Waals surface area (Å²) in [6, 6.07) is 10.9. The van der Waals surface area contributed by atoms with E-state index in [9.17, 15) is 4.79 Å². The highest BCUT2D eigenvalue weighted by Crippen LogP contribution is 2.39. The van der Waals surface area contributed by atoms with E-state index in [0.29, 0.717) is 11.9 Å². The second kappa shape index (κ2) is 7.36. The second-order valence-electron chi connectivity index (χ2n) is 9.60. The van der Waals surface area contributed by atoms with E-state index in [1.54, 1.807) is 0 Å². The van der Waals surface area contributed by atoms with Gasteiger partial charge in [0.25, 0.3) is 0 Å². The lowest BCUT2D eigenvalue weighted by molar-refractivity contribution is -0.137. The maximum atomic E-state index is 13.1. The molecule has 1 aromatic carbocycles. The number of carbonyl (C=O) groups is 1. The fourth-order valence-corrected chi connectivity index (χ4v) is 6.16. The van der Waals surface area contributed by atoms with Crippen LogP contribution in [0.25, 0.3) is 11.4 Å². The number of hydrogen-bond donors (Lipinski definition) is 0. The molecule has 2 saturated heterocycles. The molecule has 2 aliphatic carbocycles. The highest BCUT2D eigenvalue weighted by atomic mass is 16.2. The predicted octanol–water partition coefficient (Wildman–Crippen LogP) is 3.86. The topological polar surface area (TPSA) is 49.3 Å². The molecule has 0 unspecified atom stereocenters. The zero-order valence-electron chi connectivity index (χ0n) is 17.6. The Morgan fingerprint density at radius 1 is 0.967 bits per heavy atom. The molecule has 0 N–H and O–H groups in total. The van der Waals surface area contributed by atoms with E-state index in [1.807, 2.05) is 18.2 Å². The van der Waals surface area contributed by atoms with Gasteiger partial charge in [0.15, 0.2) is 5.82 Å². The number of amides is 1. The van der Waals surface area contributed by atoms with Crippen LogP contribution >= 0.6 is 0 Å². The van der Waals surface area contributed by atoms with Gasteiger partial charge in [0.1, 0.15) is 5.82 Å². The van der Waals surface area contributed by atoms with Crippen LogP contribution in [-0.2, 0) is 17.6 Å². The van der Waals surface area contributed by atoms with Crippen LogP contribution in [-0.4, -0.2) is 46.5 Å². The number of carbonyl (C=O) groups excluding carboxylic acids is 1. The molecule has 6 rings (SSSR count). The molecule has 0 spiro atoms. The van der Waals surface area contributed by atoms with Crippen molar-refractivity contribution in [1.29, 1.82) is 0 Å². The zero-order chi connectivity index (χ0) is 20.1. The highest BCUT2D eigenvalue weighted by Gasteiger charge is 2.42. The van der Waals surface area contributed by atoms with Gasteiger partial charge in [-0.1, -0.05) is 30.3 Å². The van der Waals surface area contributed by atoms with Crippen molar-refractivity contribution in [2.45, 2.75) is 57.4 Å². The Balaban J connectivity index is 1.21. The van der Waals surface area contributed by atoms with E-state index in [2.05, 4.69) is 21.9 Å². The van der Waals surface area contributed by atoms with Gasteiger partial charge in [0, 0.05) is 48.4 Å². The van der Waals surface area contributed by atoms with Crippen LogP contribution in [0.2, 0.25) is 0 Å². The largest absolute Gasteiger partial charge is 0.356 e.